The fourth-order valence-corrected chi connectivity index (χ4v) is 3.12. The van der Waals surface area contributed by atoms with E-state index in [0.29, 0.717) is 5.02 Å². The van der Waals surface area contributed by atoms with Gasteiger partial charge in [-0.1, -0.05) is 23.2 Å². The van der Waals surface area contributed by atoms with E-state index in [9.17, 15) is 23.3 Å². The van der Waals surface area contributed by atoms with Gasteiger partial charge < -0.3 is 0 Å². The van der Waals surface area contributed by atoms with Gasteiger partial charge in [-0.05, 0) is 37.3 Å². The summed E-state index contributed by atoms with van der Waals surface area (Å²) in [5.41, 5.74) is 1.86. The largest absolute Gasteiger partial charge is 0.275 e. The monoisotopic (exact) mass is 403 g/mol. The van der Waals surface area contributed by atoms with Crippen LogP contribution in [0.4, 0.5) is 5.69 Å². The smallest absolute Gasteiger partial charge is 0.273 e. The van der Waals surface area contributed by atoms with E-state index in [1.54, 1.807) is 0 Å². The maximum Gasteiger partial charge on any atom is 0.275 e. The lowest BCUT2D eigenvalue weighted by Gasteiger charge is -2.10. The molecule has 2 aromatic carbocycles. The molecule has 25 heavy (non-hydrogen) atoms. The van der Waals surface area contributed by atoms with Crippen molar-refractivity contribution in [2.75, 3.05) is 0 Å². The van der Waals surface area contributed by atoms with Crippen molar-refractivity contribution in [1.82, 2.24) is 10.3 Å². The predicted octanol–water partition coefficient (Wildman–Crippen LogP) is 2.83. The van der Waals surface area contributed by atoms with E-state index >= 15 is 0 Å². The van der Waals surface area contributed by atoms with Crippen LogP contribution in [0.1, 0.15) is 15.9 Å². The summed E-state index contributed by atoms with van der Waals surface area (Å²) in [7, 11) is -4.26. The Bertz CT molecular complexity index is 946. The zero-order valence-corrected chi connectivity index (χ0v) is 14.9. The fourth-order valence-electron chi connectivity index (χ4n) is 1.83. The molecular weight excluding hydrogens is 393 g/mol. The number of nitrogens with zero attached hydrogens (tertiary/aromatic N) is 1. The van der Waals surface area contributed by atoms with Crippen molar-refractivity contribution in [3.05, 3.63) is 67.7 Å². The summed E-state index contributed by atoms with van der Waals surface area (Å²) in [6.45, 7) is 1.40. The standard InChI is InChI=1S/C14H11Cl2N3O5S/c1-8-12(16)6-11(7-13(8)19(21)22)25(23,24)18-17-14(20)9-2-4-10(15)5-3-9/h2-7,18H,1H3,(H,17,20). The average Bonchev–Trinajstić information content (AvgIpc) is 2.55. The van der Waals surface area contributed by atoms with Gasteiger partial charge >= 0.3 is 0 Å². The van der Waals surface area contributed by atoms with E-state index in [2.05, 4.69) is 0 Å². The lowest BCUT2D eigenvalue weighted by Crippen LogP contribution is -2.41. The first-order chi connectivity index (χ1) is 11.6. The summed E-state index contributed by atoms with van der Waals surface area (Å²) in [5, 5.41) is 11.3. The second kappa shape index (κ2) is 7.36. The number of nitrogens with one attached hydrogen (secondary N) is 2. The molecule has 0 aliphatic carbocycles. The second-order valence-corrected chi connectivity index (χ2v) is 7.40. The van der Waals surface area contributed by atoms with Crippen LogP contribution in [0.15, 0.2) is 41.3 Å². The number of amides is 1. The van der Waals surface area contributed by atoms with Crippen LogP contribution in [0.3, 0.4) is 0 Å². The van der Waals surface area contributed by atoms with Crippen LogP contribution in [0.25, 0.3) is 0 Å². The highest BCUT2D eigenvalue weighted by atomic mass is 35.5. The SMILES string of the molecule is Cc1c(Cl)cc(S(=O)(=O)NNC(=O)c2ccc(Cl)cc2)cc1[N+](=O)[O-]. The third kappa shape index (κ3) is 4.45. The molecule has 0 saturated heterocycles. The molecule has 1 amide bonds. The third-order valence-corrected chi connectivity index (χ3v) is 5.07. The fraction of sp³-hybridized carbons (Fsp3) is 0.0714. The van der Waals surface area contributed by atoms with Crippen LogP contribution >= 0.6 is 23.2 Å². The highest BCUT2D eigenvalue weighted by molar-refractivity contribution is 7.89. The van der Waals surface area contributed by atoms with Crippen molar-refractivity contribution in [2.24, 2.45) is 0 Å². The first-order valence-corrected chi connectivity index (χ1v) is 8.88. The number of hydrogen-bond donors (Lipinski definition) is 2. The van der Waals surface area contributed by atoms with Crippen LogP contribution < -0.4 is 10.3 Å². The zero-order valence-electron chi connectivity index (χ0n) is 12.6. The van der Waals surface area contributed by atoms with Crippen molar-refractivity contribution < 1.29 is 18.1 Å². The number of nitro groups is 1. The molecule has 0 aromatic heterocycles. The lowest BCUT2D eigenvalue weighted by molar-refractivity contribution is -0.385. The third-order valence-electron chi connectivity index (χ3n) is 3.20. The molecule has 0 saturated carbocycles. The molecule has 0 bridgehead atoms. The normalized spacial score (nSPS) is 11.2. The number of nitro benzene ring substituents is 1. The first kappa shape index (κ1) is 19.1. The Morgan fingerprint density at radius 3 is 2.32 bits per heavy atom. The van der Waals surface area contributed by atoms with Gasteiger partial charge in [0.2, 0.25) is 0 Å². The van der Waals surface area contributed by atoms with Gasteiger partial charge in [0.25, 0.3) is 21.6 Å². The number of carbonyl (C=O) groups excluding carboxylic acids is 1. The highest BCUT2D eigenvalue weighted by Gasteiger charge is 2.23. The number of sulfonamides is 1. The van der Waals surface area contributed by atoms with Crippen molar-refractivity contribution >= 4 is 44.8 Å². The maximum absolute atomic E-state index is 12.2. The summed E-state index contributed by atoms with van der Waals surface area (Å²) in [6, 6.07) is 7.65. The number of benzene rings is 2. The first-order valence-electron chi connectivity index (χ1n) is 6.64. The van der Waals surface area contributed by atoms with E-state index in [-0.39, 0.29) is 16.1 Å². The zero-order chi connectivity index (χ0) is 18.8. The highest BCUT2D eigenvalue weighted by Crippen LogP contribution is 2.29. The Balaban J connectivity index is 2.23. The molecule has 2 aromatic rings. The van der Waals surface area contributed by atoms with Gasteiger partial charge in [-0.2, -0.15) is 0 Å². The lowest BCUT2D eigenvalue weighted by atomic mass is 10.2. The molecule has 0 heterocycles. The minimum atomic E-state index is -4.26. The Morgan fingerprint density at radius 1 is 1.16 bits per heavy atom. The maximum atomic E-state index is 12.2. The van der Waals surface area contributed by atoms with Gasteiger partial charge in [-0.3, -0.25) is 20.3 Å². The average molecular weight is 404 g/mol. The number of hydrogen-bond acceptors (Lipinski definition) is 5. The molecule has 2 N–H and O–H groups in total. The van der Waals surface area contributed by atoms with Crippen LogP contribution in [0.5, 0.6) is 0 Å². The minimum absolute atomic E-state index is 0.0846. The number of halogens is 2. The second-order valence-electron chi connectivity index (χ2n) is 4.87. The molecule has 0 radical (unpaired) electrons. The molecule has 0 spiro atoms. The van der Waals surface area contributed by atoms with E-state index in [4.69, 9.17) is 23.2 Å². The van der Waals surface area contributed by atoms with E-state index in [0.717, 1.165) is 12.1 Å². The van der Waals surface area contributed by atoms with Gasteiger partial charge in [0.05, 0.1) is 14.8 Å². The van der Waals surface area contributed by atoms with Gasteiger partial charge in [-0.25, -0.2) is 8.42 Å². The van der Waals surface area contributed by atoms with Crippen LogP contribution in [0, 0.1) is 17.0 Å². The topological polar surface area (TPSA) is 118 Å². The molecule has 0 atom stereocenters. The summed E-state index contributed by atoms with van der Waals surface area (Å²) in [6.07, 6.45) is 0. The van der Waals surface area contributed by atoms with Crippen molar-refractivity contribution in [2.45, 2.75) is 11.8 Å². The van der Waals surface area contributed by atoms with Gasteiger partial charge in [0, 0.05) is 22.2 Å². The number of carbonyl (C=O) groups is 1. The summed E-state index contributed by atoms with van der Waals surface area (Å²) >= 11 is 11.5. The van der Waals surface area contributed by atoms with E-state index in [1.165, 1.54) is 31.2 Å². The molecular formula is C14H11Cl2N3O5S. The van der Waals surface area contributed by atoms with Gasteiger partial charge in [0.1, 0.15) is 0 Å². The van der Waals surface area contributed by atoms with Gasteiger partial charge in [-0.15, -0.1) is 4.83 Å². The minimum Gasteiger partial charge on any atom is -0.273 e. The molecule has 0 unspecified atom stereocenters. The molecule has 0 fully saturated rings. The Kier molecular flexibility index (Phi) is 5.63. The van der Waals surface area contributed by atoms with Crippen LogP contribution in [-0.2, 0) is 10.0 Å². The Labute approximate surface area is 152 Å². The summed E-state index contributed by atoms with van der Waals surface area (Å²) in [4.78, 5) is 23.6. The summed E-state index contributed by atoms with van der Waals surface area (Å²) in [5.74, 6) is -0.729. The summed E-state index contributed by atoms with van der Waals surface area (Å²) < 4.78 is 24.5. The molecule has 0 aliphatic rings. The molecule has 132 valence electrons. The predicted molar refractivity (Wildman–Crippen MR) is 92.1 cm³/mol. The number of rotatable bonds is 5. The van der Waals surface area contributed by atoms with Crippen LogP contribution in [-0.4, -0.2) is 19.2 Å². The van der Waals surface area contributed by atoms with E-state index in [1.807, 2.05) is 10.3 Å². The van der Waals surface area contributed by atoms with Gasteiger partial charge in [0.15, 0.2) is 0 Å². The Hall–Kier alpha value is -2.20. The van der Waals surface area contributed by atoms with Crippen molar-refractivity contribution in [3.8, 4) is 0 Å². The molecule has 11 heteroatoms. The van der Waals surface area contributed by atoms with Crippen LogP contribution in [0.2, 0.25) is 10.0 Å². The number of hydrazine groups is 1. The molecule has 2 rings (SSSR count). The quantitative estimate of drug-likeness (QED) is 0.587. The van der Waals surface area contributed by atoms with E-state index < -0.39 is 31.4 Å². The molecule has 8 nitrogen and oxygen atoms in total. The Morgan fingerprint density at radius 2 is 1.76 bits per heavy atom. The van der Waals surface area contributed by atoms with Crippen molar-refractivity contribution in [1.29, 1.82) is 0 Å². The molecule has 0 aliphatic heterocycles. The van der Waals surface area contributed by atoms with Crippen molar-refractivity contribution in [3.63, 3.8) is 0 Å².